The maximum atomic E-state index is 13.4. The van der Waals surface area contributed by atoms with Gasteiger partial charge in [-0.15, -0.1) is 0 Å². The molecule has 0 saturated carbocycles. The summed E-state index contributed by atoms with van der Waals surface area (Å²) in [6.07, 6.45) is 3.42. The number of aromatic nitrogens is 2. The van der Waals surface area contributed by atoms with E-state index in [9.17, 15) is 9.18 Å². The van der Waals surface area contributed by atoms with E-state index in [0.717, 1.165) is 67.9 Å². The highest BCUT2D eigenvalue weighted by Gasteiger charge is 2.26. The minimum atomic E-state index is -2.07. The summed E-state index contributed by atoms with van der Waals surface area (Å²) in [5.74, 6) is -3.35. The number of para-hydroxylation sites is 1. The van der Waals surface area contributed by atoms with Crippen LogP contribution < -0.4 is 20.3 Å². The van der Waals surface area contributed by atoms with Gasteiger partial charge in [0.25, 0.3) is 5.56 Å². The summed E-state index contributed by atoms with van der Waals surface area (Å²) in [6, 6.07) is 24.2. The van der Waals surface area contributed by atoms with Crippen LogP contribution in [0.15, 0.2) is 83.7 Å². The molecule has 1 aromatic heterocycles. The zero-order valence-corrected chi connectivity index (χ0v) is 22.5. The van der Waals surface area contributed by atoms with Gasteiger partial charge in [0.1, 0.15) is 11.6 Å². The van der Waals surface area contributed by atoms with E-state index in [1.165, 1.54) is 12.1 Å². The number of fused-ring (bicyclic) bond motifs is 1. The van der Waals surface area contributed by atoms with Crippen molar-refractivity contribution < 1.29 is 33.8 Å². The number of hydrogen-bond donors (Lipinski definition) is 2. The highest BCUT2D eigenvalue weighted by atomic mass is 19.1. The van der Waals surface area contributed by atoms with Gasteiger partial charge in [0.15, 0.2) is 5.97 Å². The van der Waals surface area contributed by atoms with Gasteiger partial charge in [-0.3, -0.25) is 4.79 Å². The molecule has 214 valence electrons. The van der Waals surface area contributed by atoms with Crippen LogP contribution >= 0.6 is 0 Å². The average Bonchev–Trinajstić information content (AvgIpc) is 2.99. The van der Waals surface area contributed by atoms with E-state index in [0.29, 0.717) is 11.8 Å². The molecule has 9 nitrogen and oxygen atoms in total. The van der Waals surface area contributed by atoms with Crippen molar-refractivity contribution in [3.8, 4) is 5.75 Å². The molecule has 1 aliphatic heterocycles. The Bertz CT molecular complexity index is 1500. The Labute approximate surface area is 236 Å². The average molecular weight is 562 g/mol. The molecule has 0 spiro atoms. The first-order chi connectivity index (χ1) is 19.8. The van der Waals surface area contributed by atoms with Crippen molar-refractivity contribution in [3.05, 3.63) is 106 Å². The number of nitrogens with one attached hydrogen (secondary N) is 1. The highest BCUT2D eigenvalue weighted by molar-refractivity contribution is 6.26. The van der Waals surface area contributed by atoms with E-state index in [2.05, 4.69) is 0 Å². The van der Waals surface area contributed by atoms with Crippen molar-refractivity contribution in [2.24, 2.45) is 0 Å². The third-order valence-electron chi connectivity index (χ3n) is 7.06. The Morgan fingerprint density at radius 1 is 0.976 bits per heavy atom. The monoisotopic (exact) mass is 561 g/mol. The Balaban J connectivity index is 0.000000585. The number of rotatable bonds is 8. The molecule has 5 rings (SSSR count). The van der Waals surface area contributed by atoms with Gasteiger partial charge in [-0.2, -0.15) is 5.10 Å². The van der Waals surface area contributed by atoms with Crippen molar-refractivity contribution in [2.75, 3.05) is 26.2 Å². The maximum Gasteiger partial charge on any atom is 0.351 e. The lowest BCUT2D eigenvalue weighted by molar-refractivity contribution is -0.906. The van der Waals surface area contributed by atoms with Crippen LogP contribution in [0.1, 0.15) is 36.6 Å². The van der Waals surface area contributed by atoms with Crippen molar-refractivity contribution in [3.63, 3.8) is 0 Å². The van der Waals surface area contributed by atoms with Crippen molar-refractivity contribution in [1.82, 2.24) is 9.78 Å². The predicted molar refractivity (Wildman–Crippen MR) is 148 cm³/mol. The van der Waals surface area contributed by atoms with Gasteiger partial charge in [0.05, 0.1) is 43.4 Å². The van der Waals surface area contributed by atoms with E-state index >= 15 is 0 Å². The minimum absolute atomic E-state index is 0.0202. The molecular formula is C31H32FN3O6. The van der Waals surface area contributed by atoms with E-state index < -0.39 is 11.9 Å². The fourth-order valence-corrected chi connectivity index (χ4v) is 4.98. The van der Waals surface area contributed by atoms with Crippen molar-refractivity contribution in [1.29, 1.82) is 0 Å². The largest absolute Gasteiger partial charge is 0.539 e. The second-order valence-corrected chi connectivity index (χ2v) is 9.88. The zero-order chi connectivity index (χ0) is 29.2. The zero-order valence-electron chi connectivity index (χ0n) is 22.5. The lowest BCUT2D eigenvalue weighted by Crippen LogP contribution is -3.13. The summed E-state index contributed by atoms with van der Waals surface area (Å²) in [4.78, 5) is 32.9. The Morgan fingerprint density at radius 2 is 1.59 bits per heavy atom. The number of nitrogens with zero attached hydrogens (tertiary/aromatic N) is 2. The number of aliphatic carboxylic acids is 2. The summed E-state index contributed by atoms with van der Waals surface area (Å²) < 4.78 is 20.9. The number of piperidine rings is 1. The van der Waals surface area contributed by atoms with Crippen LogP contribution in [0.25, 0.3) is 10.8 Å². The second-order valence-electron chi connectivity index (χ2n) is 9.88. The number of carbonyl (C=O) groups is 2. The normalized spacial score (nSPS) is 16.4. The van der Waals surface area contributed by atoms with Gasteiger partial charge < -0.3 is 24.6 Å². The van der Waals surface area contributed by atoms with E-state index in [1.807, 2.05) is 54.6 Å². The number of ether oxygens (including phenoxy) is 1. The van der Waals surface area contributed by atoms with Gasteiger partial charge in [-0.25, -0.2) is 13.9 Å². The third-order valence-corrected chi connectivity index (χ3v) is 7.06. The predicted octanol–water partition coefficient (Wildman–Crippen LogP) is 1.64. The fourth-order valence-electron chi connectivity index (χ4n) is 4.98. The lowest BCUT2D eigenvalue weighted by atomic mass is 10.0. The van der Waals surface area contributed by atoms with Crippen LogP contribution in [-0.4, -0.2) is 53.1 Å². The standard InChI is InChI=1S/C29H30FN3O2.C2H2O4/c30-23-13-11-22(12-14-23)21-28-26-9-4-5-10-27(26)29(34)33(31-28)24-15-18-32(19-16-24)17-6-20-35-25-7-2-1-3-8-25;3-1(4)2(5)6/h1-5,7-14,24H,6,15-21H2;(H,3,4)(H,5,6). The quantitative estimate of drug-likeness (QED) is 0.247. The molecule has 3 aromatic carbocycles. The number of hydrogen-bond acceptors (Lipinski definition) is 6. The first-order valence-electron chi connectivity index (χ1n) is 13.5. The van der Waals surface area contributed by atoms with Gasteiger partial charge in [0.2, 0.25) is 0 Å². The first kappa shape index (κ1) is 29.4. The molecule has 0 unspecified atom stereocenters. The minimum Gasteiger partial charge on any atom is -0.539 e. The summed E-state index contributed by atoms with van der Waals surface area (Å²) in [5.41, 5.74) is 1.82. The summed E-state index contributed by atoms with van der Waals surface area (Å²) in [7, 11) is 0. The maximum absolute atomic E-state index is 13.4. The van der Waals surface area contributed by atoms with Crippen LogP contribution in [0.2, 0.25) is 0 Å². The SMILES string of the molecule is O=C([O-])C(=O)O.O=c1c2ccccc2c(Cc2ccc(F)cc2)nn1C1CC[NH+](CCCOc2ccccc2)CC1. The molecule has 2 N–H and O–H groups in total. The number of carboxylic acid groups (broad SMARTS) is 2. The molecule has 1 saturated heterocycles. The molecule has 1 aliphatic rings. The molecule has 0 aliphatic carbocycles. The Kier molecular flexibility index (Phi) is 10.2. The van der Waals surface area contributed by atoms with Crippen LogP contribution in [-0.2, 0) is 16.0 Å². The molecule has 4 aromatic rings. The van der Waals surface area contributed by atoms with E-state index in [1.54, 1.807) is 21.7 Å². The summed E-state index contributed by atoms with van der Waals surface area (Å²) in [5, 5.41) is 22.8. The molecule has 2 heterocycles. The van der Waals surface area contributed by atoms with Crippen LogP contribution in [0, 0.1) is 5.82 Å². The molecule has 1 fully saturated rings. The second kappa shape index (κ2) is 14.2. The van der Waals surface area contributed by atoms with Gasteiger partial charge >= 0.3 is 5.97 Å². The van der Waals surface area contributed by atoms with Crippen LogP contribution in [0.4, 0.5) is 4.39 Å². The molecule has 0 bridgehead atoms. The molecule has 0 radical (unpaired) electrons. The number of halogens is 1. The number of quaternary nitrogens is 1. The molecule has 10 heteroatoms. The van der Waals surface area contributed by atoms with Crippen LogP contribution in [0.5, 0.6) is 5.75 Å². The topological polar surface area (TPSA) is 126 Å². The van der Waals surface area contributed by atoms with Gasteiger partial charge in [0, 0.05) is 31.1 Å². The number of benzene rings is 3. The number of likely N-dealkylation sites (tertiary alicyclic amines) is 1. The number of carboxylic acids is 2. The molecule has 0 atom stereocenters. The van der Waals surface area contributed by atoms with Gasteiger partial charge in [-0.1, -0.05) is 48.5 Å². The van der Waals surface area contributed by atoms with Crippen molar-refractivity contribution in [2.45, 2.75) is 31.7 Å². The highest BCUT2D eigenvalue weighted by Crippen LogP contribution is 2.21. The Morgan fingerprint density at radius 3 is 2.22 bits per heavy atom. The Hall–Kier alpha value is -4.57. The van der Waals surface area contributed by atoms with E-state index in [4.69, 9.17) is 29.6 Å². The van der Waals surface area contributed by atoms with Gasteiger partial charge in [-0.05, 0) is 35.9 Å². The lowest BCUT2D eigenvalue weighted by Gasteiger charge is -2.30. The summed E-state index contributed by atoms with van der Waals surface area (Å²) >= 11 is 0. The van der Waals surface area contributed by atoms with Crippen molar-refractivity contribution >= 4 is 22.7 Å². The number of carbonyl (C=O) groups excluding carboxylic acids is 1. The molecule has 0 amide bonds. The van der Waals surface area contributed by atoms with Crippen LogP contribution in [0.3, 0.4) is 0 Å². The molecule has 41 heavy (non-hydrogen) atoms. The first-order valence-corrected chi connectivity index (χ1v) is 13.5. The fraction of sp³-hybridized carbons (Fsp3) is 0.290. The smallest absolute Gasteiger partial charge is 0.351 e. The third kappa shape index (κ3) is 8.21. The summed E-state index contributed by atoms with van der Waals surface area (Å²) in [6.45, 7) is 3.82. The van der Waals surface area contributed by atoms with E-state index in [-0.39, 0.29) is 17.4 Å². The molecular weight excluding hydrogens is 529 g/mol.